The molecule has 0 saturated heterocycles. The quantitative estimate of drug-likeness (QED) is 0.766. The fourth-order valence-corrected chi connectivity index (χ4v) is 1.92. The lowest BCUT2D eigenvalue weighted by Crippen LogP contribution is -1.99. The Morgan fingerprint density at radius 3 is 2.74 bits per heavy atom. The first-order valence-corrected chi connectivity index (χ1v) is 5.67. The largest absolute Gasteiger partial charge is 0.368 e. The molecule has 0 atom stereocenters. The van der Waals surface area contributed by atoms with Gasteiger partial charge in [-0.3, -0.25) is 0 Å². The Morgan fingerprint density at radius 1 is 1.32 bits per heavy atom. The van der Waals surface area contributed by atoms with Gasteiger partial charge in [-0.05, 0) is 19.1 Å². The van der Waals surface area contributed by atoms with Gasteiger partial charge in [0.15, 0.2) is 0 Å². The lowest BCUT2D eigenvalue weighted by molar-refractivity contribution is 0.439. The van der Waals surface area contributed by atoms with Crippen molar-refractivity contribution in [1.29, 1.82) is 0 Å². The van der Waals surface area contributed by atoms with Crippen LogP contribution in [0.4, 0.5) is 10.3 Å². The molecule has 1 aromatic carbocycles. The average Bonchev–Trinajstić information content (AvgIpc) is 2.98. The van der Waals surface area contributed by atoms with E-state index in [0.717, 1.165) is 5.82 Å². The van der Waals surface area contributed by atoms with Crippen molar-refractivity contribution in [2.45, 2.75) is 6.92 Å². The lowest BCUT2D eigenvalue weighted by atomic mass is 10.1. The number of imidazole rings is 1. The first-order valence-electron chi connectivity index (χ1n) is 5.67. The maximum absolute atomic E-state index is 14.1. The Bertz CT molecular complexity index is 732. The number of aromatic nitrogens is 3. The first-order chi connectivity index (χ1) is 9.15. The highest BCUT2D eigenvalue weighted by molar-refractivity contribution is 5.63. The molecule has 3 rings (SSSR count). The van der Waals surface area contributed by atoms with Gasteiger partial charge in [0.1, 0.15) is 17.3 Å². The van der Waals surface area contributed by atoms with Crippen LogP contribution in [0.3, 0.4) is 0 Å². The molecule has 3 aromatic rings. The third-order valence-electron chi connectivity index (χ3n) is 2.86. The molecule has 0 fully saturated rings. The molecule has 0 aliphatic carbocycles. The second-order valence-corrected chi connectivity index (χ2v) is 4.13. The Labute approximate surface area is 108 Å². The van der Waals surface area contributed by atoms with E-state index < -0.39 is 0 Å². The number of halogens is 1. The Hall–Kier alpha value is -2.63. The molecule has 0 unspecified atom stereocenters. The molecule has 5 nitrogen and oxygen atoms in total. The zero-order valence-electron chi connectivity index (χ0n) is 10.2. The number of nitrogen functional groups attached to an aromatic ring is 1. The van der Waals surface area contributed by atoms with Crippen LogP contribution in [0.15, 0.2) is 41.2 Å². The van der Waals surface area contributed by atoms with Gasteiger partial charge < -0.3 is 14.8 Å². The zero-order valence-corrected chi connectivity index (χ0v) is 10.2. The monoisotopic (exact) mass is 258 g/mol. The predicted octanol–water partition coefficient (Wildman–Crippen LogP) is 2.56. The van der Waals surface area contributed by atoms with Gasteiger partial charge in [-0.15, -0.1) is 0 Å². The number of nitrogens with zero attached hydrogens (tertiary/aromatic N) is 3. The van der Waals surface area contributed by atoms with Crippen molar-refractivity contribution in [3.63, 3.8) is 0 Å². The van der Waals surface area contributed by atoms with E-state index in [1.807, 2.05) is 6.92 Å². The number of hydrogen-bond donors (Lipinski definition) is 1. The standard InChI is InChI=1S/C13H11FN4O/c1-8-16-4-5-18(8)12-3-2-9(6-10(12)14)11-7-13(15)19-17-11/h2-7H,15H2,1H3. The lowest BCUT2D eigenvalue weighted by Gasteiger charge is -2.07. The van der Waals surface area contributed by atoms with E-state index in [9.17, 15) is 4.39 Å². The first kappa shape index (κ1) is 11.5. The van der Waals surface area contributed by atoms with Gasteiger partial charge in [0, 0.05) is 24.0 Å². The third-order valence-corrected chi connectivity index (χ3v) is 2.86. The van der Waals surface area contributed by atoms with Crippen molar-refractivity contribution in [2.24, 2.45) is 0 Å². The Morgan fingerprint density at radius 2 is 2.16 bits per heavy atom. The van der Waals surface area contributed by atoms with E-state index in [-0.39, 0.29) is 11.7 Å². The second kappa shape index (κ2) is 4.24. The molecule has 96 valence electrons. The number of rotatable bonds is 2. The molecule has 6 heteroatoms. The van der Waals surface area contributed by atoms with E-state index >= 15 is 0 Å². The van der Waals surface area contributed by atoms with Crippen LogP contribution in [-0.2, 0) is 0 Å². The van der Waals surface area contributed by atoms with E-state index in [4.69, 9.17) is 10.3 Å². The fourth-order valence-electron chi connectivity index (χ4n) is 1.92. The van der Waals surface area contributed by atoms with Crippen LogP contribution in [0.1, 0.15) is 5.82 Å². The van der Waals surface area contributed by atoms with Gasteiger partial charge in [-0.25, -0.2) is 9.37 Å². The molecule has 0 saturated carbocycles. The summed E-state index contributed by atoms with van der Waals surface area (Å²) in [5, 5.41) is 3.75. The molecule has 0 aliphatic rings. The van der Waals surface area contributed by atoms with Gasteiger partial charge >= 0.3 is 0 Å². The topological polar surface area (TPSA) is 69.9 Å². The van der Waals surface area contributed by atoms with Crippen molar-refractivity contribution in [2.75, 3.05) is 5.73 Å². The van der Waals surface area contributed by atoms with Crippen LogP contribution in [0.5, 0.6) is 0 Å². The maximum atomic E-state index is 14.1. The number of aryl methyl sites for hydroxylation is 1. The second-order valence-electron chi connectivity index (χ2n) is 4.13. The summed E-state index contributed by atoms with van der Waals surface area (Å²) in [5.41, 5.74) is 7.00. The van der Waals surface area contributed by atoms with E-state index in [2.05, 4.69) is 10.1 Å². The number of benzene rings is 1. The molecule has 0 bridgehead atoms. The van der Waals surface area contributed by atoms with Crippen molar-refractivity contribution < 1.29 is 8.91 Å². The van der Waals surface area contributed by atoms with E-state index in [1.54, 1.807) is 35.2 Å². The molecular weight excluding hydrogens is 247 g/mol. The summed E-state index contributed by atoms with van der Waals surface area (Å²) in [5.74, 6) is 0.558. The summed E-state index contributed by atoms with van der Waals surface area (Å²) in [6, 6.07) is 6.38. The van der Waals surface area contributed by atoms with Crippen LogP contribution in [0.25, 0.3) is 16.9 Å². The zero-order chi connectivity index (χ0) is 13.4. The highest BCUT2D eigenvalue weighted by Gasteiger charge is 2.10. The highest BCUT2D eigenvalue weighted by atomic mass is 19.1. The van der Waals surface area contributed by atoms with Crippen molar-refractivity contribution >= 4 is 5.88 Å². The van der Waals surface area contributed by atoms with Crippen molar-refractivity contribution in [1.82, 2.24) is 14.7 Å². The summed E-state index contributed by atoms with van der Waals surface area (Å²) in [6.07, 6.45) is 3.34. The minimum atomic E-state index is -0.361. The summed E-state index contributed by atoms with van der Waals surface area (Å²) >= 11 is 0. The van der Waals surface area contributed by atoms with Gasteiger partial charge in [-0.1, -0.05) is 11.2 Å². The van der Waals surface area contributed by atoms with Crippen molar-refractivity contribution in [3.8, 4) is 16.9 Å². The molecule has 0 amide bonds. The molecule has 2 heterocycles. The predicted molar refractivity (Wildman–Crippen MR) is 68.2 cm³/mol. The summed E-state index contributed by atoms with van der Waals surface area (Å²) in [4.78, 5) is 4.07. The highest BCUT2D eigenvalue weighted by Crippen LogP contribution is 2.24. The van der Waals surface area contributed by atoms with Gasteiger partial charge in [0.05, 0.1) is 5.69 Å². The third kappa shape index (κ3) is 1.97. The SMILES string of the molecule is Cc1nccn1-c1ccc(-c2cc(N)on2)cc1F. The Balaban J connectivity index is 2.06. The summed E-state index contributed by atoms with van der Waals surface area (Å²) in [7, 11) is 0. The molecule has 19 heavy (non-hydrogen) atoms. The van der Waals surface area contributed by atoms with E-state index in [1.165, 1.54) is 6.07 Å². The van der Waals surface area contributed by atoms with Crippen LogP contribution in [-0.4, -0.2) is 14.7 Å². The van der Waals surface area contributed by atoms with Crippen LogP contribution < -0.4 is 5.73 Å². The number of nitrogens with two attached hydrogens (primary N) is 1. The summed E-state index contributed by atoms with van der Waals surface area (Å²) in [6.45, 7) is 1.81. The average molecular weight is 258 g/mol. The summed E-state index contributed by atoms with van der Waals surface area (Å²) < 4.78 is 20.6. The van der Waals surface area contributed by atoms with E-state index in [0.29, 0.717) is 16.9 Å². The molecule has 0 spiro atoms. The minimum absolute atomic E-state index is 0.199. The van der Waals surface area contributed by atoms with Crippen LogP contribution in [0.2, 0.25) is 0 Å². The normalized spacial score (nSPS) is 10.8. The van der Waals surface area contributed by atoms with Crippen LogP contribution in [0, 0.1) is 12.7 Å². The fraction of sp³-hybridized carbons (Fsp3) is 0.0769. The minimum Gasteiger partial charge on any atom is -0.368 e. The van der Waals surface area contributed by atoms with Crippen molar-refractivity contribution in [3.05, 3.63) is 48.3 Å². The molecule has 0 aliphatic heterocycles. The molecule has 2 N–H and O–H groups in total. The number of hydrogen-bond acceptors (Lipinski definition) is 4. The molecule has 0 radical (unpaired) electrons. The maximum Gasteiger partial charge on any atom is 0.222 e. The Kier molecular flexibility index (Phi) is 2.56. The van der Waals surface area contributed by atoms with Gasteiger partial charge in [-0.2, -0.15) is 0 Å². The van der Waals surface area contributed by atoms with Gasteiger partial charge in [0.25, 0.3) is 0 Å². The molecular formula is C13H11FN4O. The number of anilines is 1. The van der Waals surface area contributed by atoms with Crippen LogP contribution >= 0.6 is 0 Å². The van der Waals surface area contributed by atoms with Gasteiger partial charge in [0.2, 0.25) is 5.88 Å². The molecule has 2 aromatic heterocycles. The smallest absolute Gasteiger partial charge is 0.222 e.